The summed E-state index contributed by atoms with van der Waals surface area (Å²) in [4.78, 5) is 49.7. The molecular weight excluding hydrogens is 591 g/mol. The van der Waals surface area contributed by atoms with Crippen molar-refractivity contribution >= 4 is 35.7 Å². The van der Waals surface area contributed by atoms with Gasteiger partial charge in [0.2, 0.25) is 11.9 Å². The fourth-order valence-corrected chi connectivity index (χ4v) is 3.17. The summed E-state index contributed by atoms with van der Waals surface area (Å²) < 4.78 is 58.4. The van der Waals surface area contributed by atoms with Gasteiger partial charge in [0.25, 0.3) is 0 Å². The molecule has 1 aromatic heterocycles. The summed E-state index contributed by atoms with van der Waals surface area (Å²) in [7, 11) is 1.24. The number of alkyl carbamates (subject to hydrolysis) is 1. The summed E-state index contributed by atoms with van der Waals surface area (Å²) in [6.45, 7) is 8.78. The van der Waals surface area contributed by atoms with Crippen LogP contribution in [0.25, 0.3) is 0 Å². The van der Waals surface area contributed by atoms with E-state index in [9.17, 15) is 27.6 Å². The molecule has 17 heteroatoms. The Kier molecular flexibility index (Phi) is 12.3. The fourth-order valence-electron chi connectivity index (χ4n) is 3.17. The van der Waals surface area contributed by atoms with Crippen LogP contribution in [0.2, 0.25) is 0 Å². The Morgan fingerprint density at radius 2 is 1.43 bits per heavy atom. The van der Waals surface area contributed by atoms with E-state index < -0.39 is 48.2 Å². The summed E-state index contributed by atoms with van der Waals surface area (Å²) >= 11 is 0. The van der Waals surface area contributed by atoms with Crippen molar-refractivity contribution in [3.8, 4) is 6.01 Å². The van der Waals surface area contributed by atoms with E-state index >= 15 is 0 Å². The number of hydrogen-bond acceptors (Lipinski definition) is 12. The van der Waals surface area contributed by atoms with E-state index in [1.165, 1.54) is 36.3 Å². The van der Waals surface area contributed by atoms with E-state index in [4.69, 9.17) is 14.2 Å². The number of methoxy groups -OCH3 is 1. The van der Waals surface area contributed by atoms with Gasteiger partial charge in [0.1, 0.15) is 11.2 Å². The number of halogens is 3. The van der Waals surface area contributed by atoms with Crippen LogP contribution in [0, 0.1) is 0 Å². The summed E-state index contributed by atoms with van der Waals surface area (Å²) in [6.07, 6.45) is -5.96. The molecule has 0 fully saturated rings. The average molecular weight is 630 g/mol. The number of esters is 1. The summed E-state index contributed by atoms with van der Waals surface area (Å²) in [5.74, 6) is -0.856. The van der Waals surface area contributed by atoms with Crippen molar-refractivity contribution in [2.45, 2.75) is 58.9 Å². The highest BCUT2D eigenvalue weighted by molar-refractivity contribution is 5.89. The minimum absolute atomic E-state index is 0.0294. The number of alkyl halides is 3. The average Bonchev–Trinajstić information content (AvgIpc) is 2.88. The number of nitrogens with one attached hydrogen (secondary N) is 3. The lowest BCUT2D eigenvalue weighted by Crippen LogP contribution is -2.44. The first-order valence-electron chi connectivity index (χ1n) is 13.4. The predicted octanol–water partition coefficient (Wildman–Crippen LogP) is 4.52. The van der Waals surface area contributed by atoms with Crippen LogP contribution in [0.15, 0.2) is 24.3 Å². The minimum atomic E-state index is -4.64. The number of carbonyl (C=O) groups is 3. The van der Waals surface area contributed by atoms with E-state index in [1.807, 2.05) is 0 Å². The number of hydrogen-bond donors (Lipinski definition) is 3. The SMILES string of the molecule is COC(=O)c1ccc(Nc2nc(NCCN(CCNC(=O)OC(C)(C)C)C(=O)OC(C)(C)C)nc(OCC(F)(F)F)n2)cc1. The van der Waals surface area contributed by atoms with Gasteiger partial charge in [-0.3, -0.25) is 0 Å². The molecule has 0 saturated carbocycles. The molecule has 2 aromatic rings. The van der Waals surface area contributed by atoms with Crippen LogP contribution < -0.4 is 20.7 Å². The molecule has 0 bridgehead atoms. The van der Waals surface area contributed by atoms with E-state index in [0.29, 0.717) is 5.69 Å². The zero-order chi connectivity index (χ0) is 33.1. The van der Waals surface area contributed by atoms with Crippen LogP contribution >= 0.6 is 0 Å². The maximum absolute atomic E-state index is 12.8. The lowest BCUT2D eigenvalue weighted by atomic mass is 10.2. The number of carbonyl (C=O) groups excluding carboxylic acids is 3. The van der Waals surface area contributed by atoms with Crippen LogP contribution in [0.3, 0.4) is 0 Å². The molecule has 2 amide bonds. The molecule has 0 aliphatic rings. The molecule has 244 valence electrons. The van der Waals surface area contributed by atoms with Crippen LogP contribution in [0.4, 0.5) is 40.3 Å². The Morgan fingerprint density at radius 3 is 2.00 bits per heavy atom. The molecule has 3 N–H and O–H groups in total. The first-order chi connectivity index (χ1) is 20.3. The largest absolute Gasteiger partial charge is 0.465 e. The van der Waals surface area contributed by atoms with Gasteiger partial charge >= 0.3 is 30.3 Å². The zero-order valence-electron chi connectivity index (χ0n) is 25.6. The second kappa shape index (κ2) is 15.2. The van der Waals surface area contributed by atoms with Crippen molar-refractivity contribution < 1.29 is 46.5 Å². The lowest BCUT2D eigenvalue weighted by Gasteiger charge is -2.28. The second-order valence-electron chi connectivity index (χ2n) is 11.2. The first-order valence-corrected chi connectivity index (χ1v) is 13.4. The molecule has 0 radical (unpaired) electrons. The number of nitrogens with zero attached hydrogens (tertiary/aromatic N) is 4. The molecule has 2 rings (SSSR count). The molecule has 1 aromatic carbocycles. The van der Waals surface area contributed by atoms with Gasteiger partial charge < -0.3 is 39.8 Å². The van der Waals surface area contributed by atoms with Gasteiger partial charge in [-0.1, -0.05) is 0 Å². The Labute approximate surface area is 253 Å². The number of anilines is 3. The van der Waals surface area contributed by atoms with Crippen molar-refractivity contribution in [3.05, 3.63) is 29.8 Å². The molecule has 14 nitrogen and oxygen atoms in total. The topological polar surface area (TPSA) is 166 Å². The van der Waals surface area contributed by atoms with Gasteiger partial charge in [-0.25, -0.2) is 14.4 Å². The molecule has 0 aliphatic heterocycles. The third kappa shape index (κ3) is 14.1. The highest BCUT2D eigenvalue weighted by Gasteiger charge is 2.29. The second-order valence-corrected chi connectivity index (χ2v) is 11.2. The van der Waals surface area contributed by atoms with Crippen molar-refractivity contribution in [2.75, 3.05) is 50.5 Å². The van der Waals surface area contributed by atoms with Crippen molar-refractivity contribution in [2.24, 2.45) is 0 Å². The van der Waals surface area contributed by atoms with Crippen molar-refractivity contribution in [1.82, 2.24) is 25.2 Å². The standard InChI is InChI=1S/C27H38F3N7O7/c1-25(2,3)43-23(39)32-13-15-37(24(40)44-26(4,5)6)14-12-31-20-34-21(36-22(35-20)42-16-27(28,29)30)33-18-10-8-17(9-11-18)19(38)41-7/h8-11H,12-16H2,1-7H3,(H,32,39)(H2,31,33,34,35,36). The quantitative estimate of drug-likeness (QED) is 0.222. The molecule has 0 atom stereocenters. The predicted molar refractivity (Wildman–Crippen MR) is 153 cm³/mol. The summed E-state index contributed by atoms with van der Waals surface area (Å²) in [5.41, 5.74) is -0.811. The highest BCUT2D eigenvalue weighted by Crippen LogP contribution is 2.20. The monoisotopic (exact) mass is 629 g/mol. The van der Waals surface area contributed by atoms with Crippen LogP contribution in [0.1, 0.15) is 51.9 Å². The third-order valence-electron chi connectivity index (χ3n) is 4.91. The smallest absolute Gasteiger partial charge is 0.422 e. The van der Waals surface area contributed by atoms with Crippen LogP contribution in [0.5, 0.6) is 6.01 Å². The van der Waals surface area contributed by atoms with Crippen LogP contribution in [-0.2, 0) is 14.2 Å². The van der Waals surface area contributed by atoms with Gasteiger partial charge in [0, 0.05) is 31.9 Å². The maximum Gasteiger partial charge on any atom is 0.422 e. The van der Waals surface area contributed by atoms with E-state index in [1.54, 1.807) is 41.5 Å². The maximum atomic E-state index is 12.8. The van der Waals surface area contributed by atoms with E-state index in [0.717, 1.165) is 0 Å². The molecule has 0 spiro atoms. The number of aromatic nitrogens is 3. The molecule has 0 saturated heterocycles. The van der Waals surface area contributed by atoms with E-state index in [-0.39, 0.29) is 43.6 Å². The number of rotatable bonds is 12. The van der Waals surface area contributed by atoms with Gasteiger partial charge in [0.15, 0.2) is 6.61 Å². The molecular formula is C27H38F3N7O7. The highest BCUT2D eigenvalue weighted by atomic mass is 19.4. The third-order valence-corrected chi connectivity index (χ3v) is 4.91. The van der Waals surface area contributed by atoms with Crippen molar-refractivity contribution in [1.29, 1.82) is 0 Å². The van der Waals surface area contributed by atoms with Gasteiger partial charge in [-0.15, -0.1) is 0 Å². The summed E-state index contributed by atoms with van der Waals surface area (Å²) in [5, 5.41) is 8.21. The van der Waals surface area contributed by atoms with Gasteiger partial charge in [0.05, 0.1) is 12.7 Å². The van der Waals surface area contributed by atoms with Crippen molar-refractivity contribution in [3.63, 3.8) is 0 Å². The zero-order valence-corrected chi connectivity index (χ0v) is 25.6. The Balaban J connectivity index is 2.16. The van der Waals surface area contributed by atoms with Gasteiger partial charge in [-0.05, 0) is 65.8 Å². The van der Waals surface area contributed by atoms with Gasteiger partial charge in [-0.2, -0.15) is 28.1 Å². The van der Waals surface area contributed by atoms with E-state index in [2.05, 4.69) is 35.6 Å². The molecule has 0 aliphatic carbocycles. The summed E-state index contributed by atoms with van der Waals surface area (Å²) in [6, 6.07) is 5.36. The molecule has 44 heavy (non-hydrogen) atoms. The first kappa shape index (κ1) is 35.6. The minimum Gasteiger partial charge on any atom is -0.465 e. The Bertz CT molecular complexity index is 1260. The Hall–Kier alpha value is -4.57. The number of amides is 2. The van der Waals surface area contributed by atoms with Crippen LogP contribution in [-0.4, -0.2) is 95.3 Å². The fraction of sp³-hybridized carbons (Fsp3) is 0.556. The molecule has 1 heterocycles. The Morgan fingerprint density at radius 1 is 0.841 bits per heavy atom. The normalized spacial score (nSPS) is 11.7. The number of benzene rings is 1. The lowest BCUT2D eigenvalue weighted by molar-refractivity contribution is -0.154. The molecule has 0 unspecified atom stereocenters. The number of ether oxygens (including phenoxy) is 4.